The molecule has 28 heavy (non-hydrogen) atoms. The molecule has 3 rings (SSSR count). The molecule has 1 aliphatic carbocycles. The van der Waals surface area contributed by atoms with Crippen LogP contribution in [-0.2, 0) is 0 Å². The van der Waals surface area contributed by atoms with E-state index in [1.807, 2.05) is 49.4 Å². The molecule has 2 heterocycles. The first-order valence-electron chi connectivity index (χ1n) is 8.65. The number of nitrogens with zero attached hydrogens (tertiary/aromatic N) is 6. The zero-order chi connectivity index (χ0) is 19.8. The summed E-state index contributed by atoms with van der Waals surface area (Å²) in [6.45, 7) is 5.58. The van der Waals surface area contributed by atoms with E-state index in [1.54, 1.807) is 16.9 Å². The SMILES string of the molecule is C=C/C=C(\C=C/C)N/N=C(\N=N)c1ccc(-c2nnn(C3C=CC=CC3)n2)s1. The van der Waals surface area contributed by atoms with Crippen molar-refractivity contribution in [2.24, 2.45) is 10.2 Å². The lowest BCUT2D eigenvalue weighted by Gasteiger charge is -2.09. The number of thiophene rings is 1. The zero-order valence-corrected chi connectivity index (χ0v) is 16.2. The van der Waals surface area contributed by atoms with Gasteiger partial charge in [-0.1, -0.05) is 43.0 Å². The standard InChI is InChI=1S/C19H20N8S/c1-3-8-14(9-4-2)22-23-18(21-20)16-12-13-17(28-16)19-24-26-27(25-19)15-10-6-5-7-11-15/h3-10,12-13,15,20,22H,1,11H2,2H3/b9-4-,14-8+,21-20?,23-18-. The smallest absolute Gasteiger partial charge is 0.214 e. The van der Waals surface area contributed by atoms with Crippen molar-refractivity contribution in [3.8, 4) is 10.7 Å². The van der Waals surface area contributed by atoms with E-state index in [4.69, 9.17) is 5.53 Å². The van der Waals surface area contributed by atoms with Crippen molar-refractivity contribution in [3.63, 3.8) is 0 Å². The summed E-state index contributed by atoms with van der Waals surface area (Å²) < 4.78 is 0. The van der Waals surface area contributed by atoms with Gasteiger partial charge in [0.05, 0.1) is 21.5 Å². The van der Waals surface area contributed by atoms with E-state index >= 15 is 0 Å². The van der Waals surface area contributed by atoms with E-state index in [-0.39, 0.29) is 11.9 Å². The van der Waals surface area contributed by atoms with Crippen molar-refractivity contribution in [1.82, 2.24) is 25.6 Å². The predicted molar refractivity (Wildman–Crippen MR) is 111 cm³/mol. The number of hydrogen-bond acceptors (Lipinski definition) is 7. The van der Waals surface area contributed by atoms with Crippen molar-refractivity contribution in [2.45, 2.75) is 19.4 Å². The third-order valence-corrected chi connectivity index (χ3v) is 4.85. The Morgan fingerprint density at radius 3 is 3.04 bits per heavy atom. The Balaban J connectivity index is 1.77. The summed E-state index contributed by atoms with van der Waals surface area (Å²) in [6, 6.07) is 3.80. The average Bonchev–Trinajstić information content (AvgIpc) is 3.39. The number of amidine groups is 1. The summed E-state index contributed by atoms with van der Waals surface area (Å²) in [5, 5.41) is 20.5. The van der Waals surface area contributed by atoms with Crippen LogP contribution in [0, 0.1) is 5.53 Å². The molecule has 1 unspecified atom stereocenters. The van der Waals surface area contributed by atoms with Gasteiger partial charge >= 0.3 is 0 Å². The van der Waals surface area contributed by atoms with Crippen molar-refractivity contribution >= 4 is 17.2 Å². The molecule has 0 bridgehead atoms. The molecule has 0 radical (unpaired) electrons. The Hall–Kier alpha value is -3.46. The van der Waals surface area contributed by atoms with Crippen molar-refractivity contribution in [1.29, 1.82) is 5.53 Å². The third kappa shape index (κ3) is 4.63. The van der Waals surface area contributed by atoms with Crippen molar-refractivity contribution < 1.29 is 0 Å². The molecule has 0 saturated heterocycles. The molecule has 2 N–H and O–H groups in total. The quantitative estimate of drug-likeness (QED) is 0.240. The highest BCUT2D eigenvalue weighted by atomic mass is 32.1. The van der Waals surface area contributed by atoms with Gasteiger partial charge in [0.2, 0.25) is 11.7 Å². The Kier molecular flexibility index (Phi) is 6.53. The molecule has 2 aromatic heterocycles. The summed E-state index contributed by atoms with van der Waals surface area (Å²) >= 11 is 1.40. The highest BCUT2D eigenvalue weighted by molar-refractivity contribution is 7.17. The normalized spacial score (nSPS) is 17.2. The predicted octanol–water partition coefficient (Wildman–Crippen LogP) is 4.39. The molecule has 9 heteroatoms. The summed E-state index contributed by atoms with van der Waals surface area (Å²) in [5.74, 6) is 0.807. The van der Waals surface area contributed by atoms with Crippen LogP contribution < -0.4 is 5.43 Å². The minimum absolute atomic E-state index is 0.0805. The largest absolute Gasteiger partial charge is 0.276 e. The molecule has 1 aliphatic rings. The van der Waals surface area contributed by atoms with Gasteiger partial charge in [-0.25, -0.2) is 5.53 Å². The first-order chi connectivity index (χ1) is 13.7. The van der Waals surface area contributed by atoms with Crippen LogP contribution in [0.1, 0.15) is 24.3 Å². The number of rotatable bonds is 7. The maximum absolute atomic E-state index is 7.44. The van der Waals surface area contributed by atoms with Crippen LogP contribution in [0.2, 0.25) is 0 Å². The van der Waals surface area contributed by atoms with Crippen LogP contribution in [0.4, 0.5) is 0 Å². The van der Waals surface area contributed by atoms with Gasteiger partial charge in [0, 0.05) is 0 Å². The van der Waals surface area contributed by atoms with Crippen LogP contribution in [0.25, 0.3) is 10.7 Å². The minimum atomic E-state index is 0.0805. The molecule has 0 spiro atoms. The molecule has 0 saturated carbocycles. The maximum Gasteiger partial charge on any atom is 0.214 e. The molecule has 2 aromatic rings. The highest BCUT2D eigenvalue weighted by Crippen LogP contribution is 2.26. The first kappa shape index (κ1) is 19.3. The van der Waals surface area contributed by atoms with Crippen LogP contribution >= 0.6 is 11.3 Å². The average molecular weight is 392 g/mol. The van der Waals surface area contributed by atoms with Gasteiger partial charge < -0.3 is 0 Å². The first-order valence-corrected chi connectivity index (χ1v) is 9.46. The Morgan fingerprint density at radius 1 is 1.43 bits per heavy atom. The molecular formula is C19H20N8S. The molecule has 0 fully saturated rings. The van der Waals surface area contributed by atoms with Crippen LogP contribution in [0.5, 0.6) is 0 Å². The van der Waals surface area contributed by atoms with E-state index in [0.29, 0.717) is 5.82 Å². The van der Waals surface area contributed by atoms with Crippen molar-refractivity contribution in [3.05, 3.63) is 77.9 Å². The molecular weight excluding hydrogens is 372 g/mol. The van der Waals surface area contributed by atoms with Crippen LogP contribution in [0.3, 0.4) is 0 Å². The topological polar surface area (TPSA) is 104 Å². The number of hydrogen-bond donors (Lipinski definition) is 2. The molecule has 142 valence electrons. The highest BCUT2D eigenvalue weighted by Gasteiger charge is 2.16. The lowest BCUT2D eigenvalue weighted by molar-refractivity contribution is 0.464. The molecule has 0 aliphatic heterocycles. The molecule has 8 nitrogen and oxygen atoms in total. The lowest BCUT2D eigenvalue weighted by Crippen LogP contribution is -2.10. The van der Waals surface area contributed by atoms with Gasteiger partial charge in [0.1, 0.15) is 0 Å². The summed E-state index contributed by atoms with van der Waals surface area (Å²) in [6.07, 6.45) is 16.1. The van der Waals surface area contributed by atoms with E-state index in [1.165, 1.54) is 11.3 Å². The molecule has 0 amide bonds. The van der Waals surface area contributed by atoms with Gasteiger partial charge in [0.15, 0.2) is 0 Å². The number of tetrazole rings is 1. The minimum Gasteiger partial charge on any atom is -0.276 e. The monoisotopic (exact) mass is 392 g/mol. The van der Waals surface area contributed by atoms with E-state index < -0.39 is 0 Å². The fourth-order valence-electron chi connectivity index (χ4n) is 2.47. The Morgan fingerprint density at radius 2 is 2.32 bits per heavy atom. The number of hydrazone groups is 1. The second-order valence-electron chi connectivity index (χ2n) is 5.73. The maximum atomic E-state index is 7.44. The van der Waals surface area contributed by atoms with Crippen molar-refractivity contribution in [2.75, 3.05) is 0 Å². The molecule has 1 atom stereocenters. The fraction of sp³-hybridized carbons (Fsp3) is 0.158. The summed E-state index contributed by atoms with van der Waals surface area (Å²) in [7, 11) is 0. The number of aromatic nitrogens is 4. The Labute approximate surface area is 166 Å². The summed E-state index contributed by atoms with van der Waals surface area (Å²) in [4.78, 5) is 3.18. The third-order valence-electron chi connectivity index (χ3n) is 3.77. The van der Waals surface area contributed by atoms with Crippen LogP contribution in [0.15, 0.2) is 83.2 Å². The summed E-state index contributed by atoms with van der Waals surface area (Å²) in [5.41, 5.74) is 11.1. The van der Waals surface area contributed by atoms with Gasteiger partial charge in [-0.05, 0) is 42.8 Å². The molecule has 0 aromatic carbocycles. The van der Waals surface area contributed by atoms with E-state index in [0.717, 1.165) is 21.9 Å². The number of allylic oxidation sites excluding steroid dienone is 8. The lowest BCUT2D eigenvalue weighted by atomic mass is 10.1. The Bertz CT molecular complexity index is 989. The van der Waals surface area contributed by atoms with Gasteiger partial charge in [-0.15, -0.1) is 26.6 Å². The van der Waals surface area contributed by atoms with Crippen LogP contribution in [-0.4, -0.2) is 26.0 Å². The fourth-order valence-corrected chi connectivity index (χ4v) is 3.34. The second kappa shape index (κ2) is 9.47. The van der Waals surface area contributed by atoms with Gasteiger partial charge in [-0.3, -0.25) is 5.43 Å². The van der Waals surface area contributed by atoms with Gasteiger partial charge in [-0.2, -0.15) is 9.90 Å². The van der Waals surface area contributed by atoms with Gasteiger partial charge in [0.25, 0.3) is 0 Å². The van der Waals surface area contributed by atoms with E-state index in [9.17, 15) is 0 Å². The second-order valence-corrected chi connectivity index (χ2v) is 6.81. The van der Waals surface area contributed by atoms with E-state index in [2.05, 4.69) is 43.7 Å². The number of nitrogens with one attached hydrogen (secondary N) is 2. The zero-order valence-electron chi connectivity index (χ0n) is 15.4.